The number of aliphatic carboxylic acids is 1. The monoisotopic (exact) mass is 254 g/mol. The van der Waals surface area contributed by atoms with Crippen molar-refractivity contribution in [2.24, 2.45) is 0 Å². The molecule has 0 unspecified atom stereocenters. The molecule has 1 aliphatic heterocycles. The number of carbonyl (C=O) groups excluding carboxylic acids is 1. The van der Waals surface area contributed by atoms with Crippen LogP contribution < -0.4 is 0 Å². The van der Waals surface area contributed by atoms with E-state index in [-0.39, 0.29) is 5.91 Å². The van der Waals surface area contributed by atoms with Crippen LogP contribution in [0.2, 0.25) is 0 Å². The van der Waals surface area contributed by atoms with Crippen molar-refractivity contribution in [2.45, 2.75) is 44.6 Å². The summed E-state index contributed by atoms with van der Waals surface area (Å²) in [6, 6.07) is 0. The number of hydrogen-bond acceptors (Lipinski definition) is 3. The van der Waals surface area contributed by atoms with Crippen LogP contribution in [0, 0.1) is 0 Å². The van der Waals surface area contributed by atoms with Crippen LogP contribution in [0.3, 0.4) is 0 Å². The van der Waals surface area contributed by atoms with Gasteiger partial charge in [-0.3, -0.25) is 14.5 Å². The highest BCUT2D eigenvalue weighted by atomic mass is 16.4. The standard InChI is InChI=1S/C13H22N2O3/c1-11(16)14-7-9-15(10-8-14)13(12(17)18)5-3-2-4-6-13/h2-10H2,1H3,(H,17,18). The quantitative estimate of drug-likeness (QED) is 0.796. The van der Waals surface area contributed by atoms with Crippen molar-refractivity contribution in [1.29, 1.82) is 0 Å². The molecule has 0 atom stereocenters. The summed E-state index contributed by atoms with van der Waals surface area (Å²) in [7, 11) is 0. The second-order valence-electron chi connectivity index (χ2n) is 5.39. The largest absolute Gasteiger partial charge is 0.480 e. The summed E-state index contributed by atoms with van der Waals surface area (Å²) in [5.41, 5.74) is -0.666. The fourth-order valence-electron chi connectivity index (χ4n) is 3.25. The van der Waals surface area contributed by atoms with E-state index in [1.807, 2.05) is 0 Å². The van der Waals surface area contributed by atoms with Crippen molar-refractivity contribution >= 4 is 11.9 Å². The Labute approximate surface area is 108 Å². The van der Waals surface area contributed by atoms with Gasteiger partial charge in [0.25, 0.3) is 0 Å². The highest BCUT2D eigenvalue weighted by Crippen LogP contribution is 2.34. The van der Waals surface area contributed by atoms with Gasteiger partial charge in [0.15, 0.2) is 0 Å². The predicted molar refractivity (Wildman–Crippen MR) is 67.3 cm³/mol. The lowest BCUT2D eigenvalue weighted by Crippen LogP contribution is -2.61. The molecule has 1 heterocycles. The molecule has 0 bridgehead atoms. The summed E-state index contributed by atoms with van der Waals surface area (Å²) in [4.78, 5) is 26.8. The number of rotatable bonds is 2. The number of hydrogen-bond donors (Lipinski definition) is 1. The number of carboxylic acids is 1. The average molecular weight is 254 g/mol. The zero-order valence-corrected chi connectivity index (χ0v) is 11.0. The van der Waals surface area contributed by atoms with Crippen LogP contribution in [0.4, 0.5) is 0 Å². The molecule has 2 fully saturated rings. The molecule has 0 aromatic heterocycles. The van der Waals surface area contributed by atoms with Crippen molar-refractivity contribution in [1.82, 2.24) is 9.80 Å². The Morgan fingerprint density at radius 2 is 1.56 bits per heavy atom. The average Bonchev–Trinajstić information content (AvgIpc) is 2.39. The normalized spacial score (nSPS) is 24.8. The van der Waals surface area contributed by atoms with Gasteiger partial charge in [-0.2, -0.15) is 0 Å². The Kier molecular flexibility index (Phi) is 3.90. The summed E-state index contributed by atoms with van der Waals surface area (Å²) in [6.07, 6.45) is 4.64. The molecule has 0 spiro atoms. The molecule has 0 aromatic rings. The second-order valence-corrected chi connectivity index (χ2v) is 5.39. The van der Waals surface area contributed by atoms with Gasteiger partial charge in [0.1, 0.15) is 5.54 Å². The van der Waals surface area contributed by atoms with E-state index in [1.165, 1.54) is 0 Å². The zero-order valence-electron chi connectivity index (χ0n) is 11.0. The van der Waals surface area contributed by atoms with Gasteiger partial charge in [-0.15, -0.1) is 0 Å². The number of carbonyl (C=O) groups is 2. The van der Waals surface area contributed by atoms with Gasteiger partial charge < -0.3 is 10.0 Å². The maximum Gasteiger partial charge on any atom is 0.324 e. The summed E-state index contributed by atoms with van der Waals surface area (Å²) in [5, 5.41) is 9.59. The zero-order chi connectivity index (χ0) is 13.2. The minimum atomic E-state index is -0.682. The van der Waals surface area contributed by atoms with E-state index < -0.39 is 11.5 Å². The molecule has 1 amide bonds. The van der Waals surface area contributed by atoms with Gasteiger partial charge in [-0.1, -0.05) is 19.3 Å². The van der Waals surface area contributed by atoms with Crippen LogP contribution in [0.15, 0.2) is 0 Å². The minimum Gasteiger partial charge on any atom is -0.480 e. The molecule has 1 saturated heterocycles. The third kappa shape index (κ3) is 2.36. The molecule has 1 saturated carbocycles. The van der Waals surface area contributed by atoms with Crippen molar-refractivity contribution in [3.8, 4) is 0 Å². The van der Waals surface area contributed by atoms with E-state index in [4.69, 9.17) is 0 Å². The first kappa shape index (κ1) is 13.3. The van der Waals surface area contributed by atoms with Gasteiger partial charge in [-0.25, -0.2) is 0 Å². The highest BCUT2D eigenvalue weighted by molar-refractivity contribution is 5.79. The Hall–Kier alpha value is -1.10. The lowest BCUT2D eigenvalue weighted by Gasteiger charge is -2.46. The molecule has 2 aliphatic rings. The molecule has 5 heteroatoms. The SMILES string of the molecule is CC(=O)N1CCN(C2(C(=O)O)CCCCC2)CC1. The molecule has 1 N–H and O–H groups in total. The Bertz CT molecular complexity index is 329. The minimum absolute atomic E-state index is 0.0858. The first-order valence-electron chi connectivity index (χ1n) is 6.80. The van der Waals surface area contributed by atoms with Crippen LogP contribution in [0.1, 0.15) is 39.0 Å². The smallest absolute Gasteiger partial charge is 0.324 e. The lowest BCUT2D eigenvalue weighted by atomic mass is 9.80. The van der Waals surface area contributed by atoms with Crippen LogP contribution in [0.5, 0.6) is 0 Å². The number of carboxylic acid groups (broad SMARTS) is 1. The van der Waals surface area contributed by atoms with Gasteiger partial charge >= 0.3 is 5.97 Å². The Morgan fingerprint density at radius 3 is 2.00 bits per heavy atom. The fraction of sp³-hybridized carbons (Fsp3) is 0.846. The van der Waals surface area contributed by atoms with E-state index in [0.717, 1.165) is 32.1 Å². The third-order valence-electron chi connectivity index (χ3n) is 4.41. The molecule has 0 aromatic carbocycles. The number of amides is 1. The van der Waals surface area contributed by atoms with Gasteiger partial charge in [0.2, 0.25) is 5.91 Å². The van der Waals surface area contributed by atoms with E-state index in [9.17, 15) is 14.7 Å². The summed E-state index contributed by atoms with van der Waals surface area (Å²) < 4.78 is 0. The van der Waals surface area contributed by atoms with E-state index >= 15 is 0 Å². The summed E-state index contributed by atoms with van der Waals surface area (Å²) in [5.74, 6) is -0.596. The third-order valence-corrected chi connectivity index (χ3v) is 4.41. The van der Waals surface area contributed by atoms with Gasteiger partial charge in [0, 0.05) is 33.1 Å². The first-order chi connectivity index (χ1) is 8.56. The molecule has 18 heavy (non-hydrogen) atoms. The van der Waals surface area contributed by atoms with Gasteiger partial charge in [0.05, 0.1) is 0 Å². The fourth-order valence-corrected chi connectivity index (χ4v) is 3.25. The number of piperazine rings is 1. The molecule has 2 rings (SSSR count). The van der Waals surface area contributed by atoms with Crippen LogP contribution >= 0.6 is 0 Å². The molecule has 5 nitrogen and oxygen atoms in total. The topological polar surface area (TPSA) is 60.9 Å². The lowest BCUT2D eigenvalue weighted by molar-refractivity contribution is -0.156. The Morgan fingerprint density at radius 1 is 1.00 bits per heavy atom. The molecule has 0 radical (unpaired) electrons. The summed E-state index contributed by atoms with van der Waals surface area (Å²) in [6.45, 7) is 4.26. The van der Waals surface area contributed by atoms with Crippen LogP contribution in [0.25, 0.3) is 0 Å². The maximum absolute atomic E-state index is 11.7. The molecular weight excluding hydrogens is 232 g/mol. The first-order valence-corrected chi connectivity index (χ1v) is 6.80. The van der Waals surface area contributed by atoms with Crippen molar-refractivity contribution in [2.75, 3.05) is 26.2 Å². The number of nitrogens with zero attached hydrogens (tertiary/aromatic N) is 2. The van der Waals surface area contributed by atoms with E-state index in [0.29, 0.717) is 26.2 Å². The predicted octanol–water partition coefficient (Wildman–Crippen LogP) is 0.938. The molecule has 102 valence electrons. The van der Waals surface area contributed by atoms with Crippen LogP contribution in [-0.2, 0) is 9.59 Å². The van der Waals surface area contributed by atoms with E-state index in [2.05, 4.69) is 4.90 Å². The van der Waals surface area contributed by atoms with Crippen molar-refractivity contribution in [3.05, 3.63) is 0 Å². The maximum atomic E-state index is 11.7. The van der Waals surface area contributed by atoms with Crippen molar-refractivity contribution in [3.63, 3.8) is 0 Å². The molecule has 1 aliphatic carbocycles. The van der Waals surface area contributed by atoms with Gasteiger partial charge in [-0.05, 0) is 12.8 Å². The van der Waals surface area contributed by atoms with Crippen LogP contribution in [-0.4, -0.2) is 58.5 Å². The highest BCUT2D eigenvalue weighted by Gasteiger charge is 2.45. The Balaban J connectivity index is 2.05. The van der Waals surface area contributed by atoms with E-state index in [1.54, 1.807) is 11.8 Å². The second kappa shape index (κ2) is 5.26. The molecular formula is C13H22N2O3. The summed E-state index contributed by atoms with van der Waals surface area (Å²) >= 11 is 0. The van der Waals surface area contributed by atoms with Crippen molar-refractivity contribution < 1.29 is 14.7 Å².